The van der Waals surface area contributed by atoms with E-state index in [0.717, 1.165) is 24.2 Å². The molecule has 35 heavy (non-hydrogen) atoms. The van der Waals surface area contributed by atoms with Gasteiger partial charge in [0.15, 0.2) is 0 Å². The molecule has 2 unspecified atom stereocenters. The minimum atomic E-state index is -0.777. The van der Waals surface area contributed by atoms with Crippen molar-refractivity contribution in [2.24, 2.45) is 0 Å². The fraction of sp³-hybridized carbons (Fsp3) is 0.241. The van der Waals surface area contributed by atoms with Gasteiger partial charge in [0.1, 0.15) is 23.4 Å². The van der Waals surface area contributed by atoms with Crippen LogP contribution in [0.15, 0.2) is 78.4 Å². The van der Waals surface area contributed by atoms with Crippen molar-refractivity contribution in [1.82, 2.24) is 0 Å². The number of para-hydroxylation sites is 1. The van der Waals surface area contributed by atoms with E-state index in [2.05, 4.69) is 0 Å². The number of benzene rings is 3. The van der Waals surface area contributed by atoms with E-state index in [9.17, 15) is 14.7 Å². The Morgan fingerprint density at radius 2 is 1.80 bits per heavy atom. The number of anilines is 1. The van der Waals surface area contributed by atoms with Gasteiger partial charge in [0, 0.05) is 17.7 Å². The summed E-state index contributed by atoms with van der Waals surface area (Å²) in [4.78, 5) is 28.0. The van der Waals surface area contributed by atoms with E-state index in [-0.39, 0.29) is 17.4 Å². The van der Waals surface area contributed by atoms with Gasteiger partial charge in [0.05, 0.1) is 18.2 Å². The van der Waals surface area contributed by atoms with Crippen molar-refractivity contribution in [3.63, 3.8) is 0 Å². The standard InChI is InChI=1S/C29H27NO5/c1-3-15-34-23-12-9-19(10-13-23)26-25(28(32)29(33)30(26)22-7-5-4-6-8-22)27(31)20-11-14-24-21(17-20)16-18(2)35-24/h4-14,17-18,26,31H,3,15-16H2,1-2H3/b27-25-. The molecule has 178 valence electrons. The molecule has 2 atom stereocenters. The third-order valence-corrected chi connectivity index (χ3v) is 6.32. The van der Waals surface area contributed by atoms with Crippen molar-refractivity contribution in [3.05, 3.63) is 95.1 Å². The number of hydrogen-bond acceptors (Lipinski definition) is 5. The number of carbonyl (C=O) groups excluding carboxylic acids is 2. The molecule has 3 aromatic rings. The predicted molar refractivity (Wildman–Crippen MR) is 134 cm³/mol. The summed E-state index contributed by atoms with van der Waals surface area (Å²) in [5.41, 5.74) is 2.80. The average Bonchev–Trinajstić information content (AvgIpc) is 3.38. The molecule has 1 N–H and O–H groups in total. The van der Waals surface area contributed by atoms with Crippen molar-refractivity contribution in [2.45, 2.75) is 38.8 Å². The minimum Gasteiger partial charge on any atom is -0.507 e. The number of aliphatic hydroxyl groups is 1. The molecule has 5 rings (SSSR count). The number of ether oxygens (including phenoxy) is 2. The third kappa shape index (κ3) is 4.16. The topological polar surface area (TPSA) is 76.1 Å². The zero-order valence-corrected chi connectivity index (χ0v) is 19.7. The number of ketones is 1. The van der Waals surface area contributed by atoms with Gasteiger partial charge in [-0.3, -0.25) is 14.5 Å². The Balaban J connectivity index is 1.63. The summed E-state index contributed by atoms with van der Waals surface area (Å²) in [6.07, 6.45) is 1.66. The molecule has 2 heterocycles. The maximum absolute atomic E-state index is 13.3. The molecule has 0 bridgehead atoms. The first-order valence-corrected chi connectivity index (χ1v) is 11.9. The predicted octanol–water partition coefficient (Wildman–Crippen LogP) is 5.43. The smallest absolute Gasteiger partial charge is 0.300 e. The van der Waals surface area contributed by atoms with Gasteiger partial charge < -0.3 is 14.6 Å². The number of carbonyl (C=O) groups is 2. The second-order valence-corrected chi connectivity index (χ2v) is 8.88. The van der Waals surface area contributed by atoms with Crippen LogP contribution in [-0.4, -0.2) is 29.5 Å². The Bertz CT molecular complexity index is 1300. The molecule has 1 saturated heterocycles. The Kier molecular flexibility index (Phi) is 6.03. The zero-order chi connectivity index (χ0) is 24.5. The maximum Gasteiger partial charge on any atom is 0.300 e. The Morgan fingerprint density at radius 3 is 2.51 bits per heavy atom. The fourth-order valence-corrected chi connectivity index (χ4v) is 4.69. The van der Waals surface area contributed by atoms with E-state index in [4.69, 9.17) is 9.47 Å². The van der Waals surface area contributed by atoms with Gasteiger partial charge in [0.25, 0.3) is 11.7 Å². The molecule has 0 saturated carbocycles. The van der Waals surface area contributed by atoms with Crippen LogP contribution in [0.1, 0.15) is 43.0 Å². The second kappa shape index (κ2) is 9.29. The normalized spacial score (nSPS) is 20.6. The lowest BCUT2D eigenvalue weighted by molar-refractivity contribution is -0.132. The summed E-state index contributed by atoms with van der Waals surface area (Å²) in [6.45, 7) is 4.62. The summed E-state index contributed by atoms with van der Waals surface area (Å²) in [6, 6.07) is 20.9. The Labute approximate surface area is 204 Å². The number of nitrogens with zero attached hydrogens (tertiary/aromatic N) is 1. The molecule has 0 aliphatic carbocycles. The van der Waals surface area contributed by atoms with Crippen molar-refractivity contribution in [3.8, 4) is 11.5 Å². The van der Waals surface area contributed by atoms with E-state index in [0.29, 0.717) is 29.2 Å². The SMILES string of the molecule is CCCOc1ccc(C2/C(=C(/O)c3ccc4c(c3)CC(C)O4)C(=O)C(=O)N2c2ccccc2)cc1. The molecular formula is C29H27NO5. The summed E-state index contributed by atoms with van der Waals surface area (Å²) in [5, 5.41) is 11.4. The molecule has 6 heteroatoms. The highest BCUT2D eigenvalue weighted by Gasteiger charge is 2.47. The van der Waals surface area contributed by atoms with Crippen LogP contribution in [0.4, 0.5) is 5.69 Å². The number of aliphatic hydroxyl groups excluding tert-OH is 1. The van der Waals surface area contributed by atoms with E-state index in [1.807, 2.05) is 62.4 Å². The highest BCUT2D eigenvalue weighted by Crippen LogP contribution is 2.43. The first-order valence-electron chi connectivity index (χ1n) is 11.9. The second-order valence-electron chi connectivity index (χ2n) is 8.88. The first-order chi connectivity index (χ1) is 17.0. The molecular weight excluding hydrogens is 442 g/mol. The van der Waals surface area contributed by atoms with Crippen LogP contribution in [0.3, 0.4) is 0 Å². The molecule has 3 aromatic carbocycles. The largest absolute Gasteiger partial charge is 0.507 e. The maximum atomic E-state index is 13.3. The molecule has 6 nitrogen and oxygen atoms in total. The Morgan fingerprint density at radius 1 is 1.06 bits per heavy atom. The van der Waals surface area contributed by atoms with Gasteiger partial charge in [-0.25, -0.2) is 0 Å². The van der Waals surface area contributed by atoms with Crippen molar-refractivity contribution < 1.29 is 24.2 Å². The zero-order valence-electron chi connectivity index (χ0n) is 19.7. The van der Waals surface area contributed by atoms with Crippen LogP contribution in [-0.2, 0) is 16.0 Å². The van der Waals surface area contributed by atoms with E-state index in [1.54, 1.807) is 24.3 Å². The molecule has 1 fully saturated rings. The fourth-order valence-electron chi connectivity index (χ4n) is 4.69. The van der Waals surface area contributed by atoms with Gasteiger partial charge in [-0.15, -0.1) is 0 Å². The van der Waals surface area contributed by atoms with Crippen LogP contribution < -0.4 is 14.4 Å². The molecule has 1 amide bonds. The monoisotopic (exact) mass is 469 g/mol. The Hall–Kier alpha value is -4.06. The third-order valence-electron chi connectivity index (χ3n) is 6.32. The molecule has 2 aliphatic heterocycles. The van der Waals surface area contributed by atoms with E-state index >= 15 is 0 Å². The summed E-state index contributed by atoms with van der Waals surface area (Å²) in [5.74, 6) is -0.0987. The number of Topliss-reactive ketones (excluding diaryl/α,β-unsaturated/α-hetero) is 1. The van der Waals surface area contributed by atoms with Gasteiger partial charge in [-0.05, 0) is 66.9 Å². The summed E-state index contributed by atoms with van der Waals surface area (Å²) >= 11 is 0. The number of amides is 1. The number of rotatable bonds is 6. The van der Waals surface area contributed by atoms with Crippen molar-refractivity contribution >= 4 is 23.1 Å². The van der Waals surface area contributed by atoms with Crippen LogP contribution in [0, 0.1) is 0 Å². The highest BCUT2D eigenvalue weighted by atomic mass is 16.5. The van der Waals surface area contributed by atoms with Crippen LogP contribution in [0.25, 0.3) is 5.76 Å². The van der Waals surface area contributed by atoms with E-state index in [1.165, 1.54) is 4.90 Å². The molecule has 0 spiro atoms. The highest BCUT2D eigenvalue weighted by molar-refractivity contribution is 6.51. The van der Waals surface area contributed by atoms with Crippen LogP contribution in [0.5, 0.6) is 11.5 Å². The van der Waals surface area contributed by atoms with E-state index < -0.39 is 17.7 Å². The quantitative estimate of drug-likeness (QED) is 0.296. The first kappa shape index (κ1) is 22.7. The summed E-state index contributed by atoms with van der Waals surface area (Å²) in [7, 11) is 0. The van der Waals surface area contributed by atoms with Gasteiger partial charge in [0.2, 0.25) is 0 Å². The lowest BCUT2D eigenvalue weighted by atomic mass is 9.94. The average molecular weight is 470 g/mol. The minimum absolute atomic E-state index is 0.0551. The van der Waals surface area contributed by atoms with Crippen LogP contribution >= 0.6 is 0 Å². The van der Waals surface area contributed by atoms with Gasteiger partial charge in [-0.2, -0.15) is 0 Å². The van der Waals surface area contributed by atoms with Crippen LogP contribution in [0.2, 0.25) is 0 Å². The van der Waals surface area contributed by atoms with Crippen molar-refractivity contribution in [2.75, 3.05) is 11.5 Å². The molecule has 2 aliphatic rings. The molecule has 0 radical (unpaired) electrons. The van der Waals surface area contributed by atoms with Gasteiger partial charge >= 0.3 is 0 Å². The lowest BCUT2D eigenvalue weighted by Gasteiger charge is -2.25. The van der Waals surface area contributed by atoms with Gasteiger partial charge in [-0.1, -0.05) is 37.3 Å². The lowest BCUT2D eigenvalue weighted by Crippen LogP contribution is -2.29. The number of fused-ring (bicyclic) bond motifs is 1. The summed E-state index contributed by atoms with van der Waals surface area (Å²) < 4.78 is 11.5. The molecule has 0 aromatic heterocycles. The number of hydrogen-bond donors (Lipinski definition) is 1. The van der Waals surface area contributed by atoms with Crippen molar-refractivity contribution in [1.29, 1.82) is 0 Å².